The van der Waals surface area contributed by atoms with Crippen molar-refractivity contribution in [1.29, 1.82) is 0 Å². The molecule has 5 heteroatoms. The lowest BCUT2D eigenvalue weighted by Crippen LogP contribution is -2.35. The lowest BCUT2D eigenvalue weighted by molar-refractivity contribution is -0.114. The molecule has 0 saturated heterocycles. The predicted molar refractivity (Wildman–Crippen MR) is 39.8 cm³/mol. The summed E-state index contributed by atoms with van der Waals surface area (Å²) in [5.74, 6) is 0.110. The van der Waals surface area contributed by atoms with Crippen LogP contribution in [0.15, 0.2) is 12.3 Å². The van der Waals surface area contributed by atoms with Gasteiger partial charge in [-0.05, 0) is 6.08 Å². The number of carbonyl (C=O) groups is 1. The standard InChI is InChI=1S/C4H6N2O.2ClH/c7-4-1-2-5-6-3-4;;/h1-2,5-6H,3H2;2*1H. The Labute approximate surface area is 65.7 Å². The lowest BCUT2D eigenvalue weighted by atomic mass is 10.4. The molecule has 0 spiro atoms. The number of hydrazine groups is 1. The average Bonchev–Trinajstić information content (AvgIpc) is 1.69. The molecule has 3 nitrogen and oxygen atoms in total. The number of halogens is 2. The van der Waals surface area contributed by atoms with Crippen molar-refractivity contribution in [2.75, 3.05) is 6.54 Å². The van der Waals surface area contributed by atoms with E-state index in [4.69, 9.17) is 0 Å². The van der Waals surface area contributed by atoms with E-state index in [9.17, 15) is 4.79 Å². The Balaban J connectivity index is 0. The molecule has 0 aromatic rings. The summed E-state index contributed by atoms with van der Waals surface area (Å²) in [4.78, 5) is 10.3. The van der Waals surface area contributed by atoms with Crippen LogP contribution < -0.4 is 10.9 Å². The summed E-state index contributed by atoms with van der Waals surface area (Å²) in [5.41, 5.74) is 5.31. The Morgan fingerprint density at radius 1 is 1.44 bits per heavy atom. The number of hydrogen-bond acceptors (Lipinski definition) is 3. The molecule has 0 unspecified atom stereocenters. The van der Waals surface area contributed by atoms with E-state index in [0.29, 0.717) is 6.54 Å². The fourth-order valence-corrected chi connectivity index (χ4v) is 0.391. The van der Waals surface area contributed by atoms with Crippen LogP contribution in [-0.2, 0) is 4.79 Å². The van der Waals surface area contributed by atoms with E-state index in [2.05, 4.69) is 10.9 Å². The molecule has 1 aliphatic rings. The first-order valence-corrected chi connectivity index (χ1v) is 2.07. The molecule has 1 rings (SSSR count). The number of carbonyl (C=O) groups excluding carboxylic acids is 1. The summed E-state index contributed by atoms with van der Waals surface area (Å²) in [6.07, 6.45) is 3.07. The van der Waals surface area contributed by atoms with E-state index < -0.39 is 0 Å². The minimum atomic E-state index is 0. The predicted octanol–water partition coefficient (Wildman–Crippen LogP) is 0.0206. The van der Waals surface area contributed by atoms with Crippen molar-refractivity contribution in [2.45, 2.75) is 0 Å². The summed E-state index contributed by atoms with van der Waals surface area (Å²) < 4.78 is 0. The van der Waals surface area contributed by atoms with Crippen molar-refractivity contribution in [3.8, 4) is 0 Å². The number of nitrogens with one attached hydrogen (secondary N) is 2. The highest BCUT2D eigenvalue weighted by atomic mass is 35.5. The molecule has 0 saturated carbocycles. The third kappa shape index (κ3) is 4.27. The van der Waals surface area contributed by atoms with Crippen LogP contribution >= 0.6 is 24.8 Å². The van der Waals surface area contributed by atoms with Gasteiger partial charge in [-0.15, -0.1) is 24.8 Å². The van der Waals surface area contributed by atoms with Crippen LogP contribution in [0, 0.1) is 0 Å². The monoisotopic (exact) mass is 170 g/mol. The van der Waals surface area contributed by atoms with Crippen molar-refractivity contribution < 1.29 is 4.79 Å². The van der Waals surface area contributed by atoms with Crippen LogP contribution in [-0.4, -0.2) is 12.3 Å². The summed E-state index contributed by atoms with van der Waals surface area (Å²) >= 11 is 0. The van der Waals surface area contributed by atoms with Gasteiger partial charge >= 0.3 is 0 Å². The van der Waals surface area contributed by atoms with E-state index >= 15 is 0 Å². The third-order valence-corrected chi connectivity index (χ3v) is 0.717. The van der Waals surface area contributed by atoms with Crippen LogP contribution in [0.2, 0.25) is 0 Å². The van der Waals surface area contributed by atoms with Crippen molar-refractivity contribution >= 4 is 30.6 Å². The first-order valence-electron chi connectivity index (χ1n) is 2.07. The van der Waals surface area contributed by atoms with E-state index in [1.807, 2.05) is 0 Å². The minimum absolute atomic E-state index is 0. The van der Waals surface area contributed by atoms with E-state index in [1.165, 1.54) is 6.08 Å². The summed E-state index contributed by atoms with van der Waals surface area (Å²) in [6.45, 7) is 0.399. The van der Waals surface area contributed by atoms with Gasteiger partial charge in [-0.25, -0.2) is 5.43 Å². The molecule has 0 aromatic carbocycles. The van der Waals surface area contributed by atoms with Gasteiger partial charge in [0.05, 0.1) is 6.54 Å². The van der Waals surface area contributed by atoms with E-state index in [-0.39, 0.29) is 30.6 Å². The zero-order valence-corrected chi connectivity index (χ0v) is 6.22. The lowest BCUT2D eigenvalue weighted by Gasteiger charge is -2.04. The average molecular weight is 171 g/mol. The molecule has 0 aromatic heterocycles. The van der Waals surface area contributed by atoms with Gasteiger partial charge in [-0.3, -0.25) is 4.79 Å². The number of ketones is 1. The Morgan fingerprint density at radius 3 is 2.33 bits per heavy atom. The first kappa shape index (κ1) is 11.5. The Hall–Kier alpha value is -0.250. The third-order valence-electron chi connectivity index (χ3n) is 0.717. The molecule has 9 heavy (non-hydrogen) atoms. The van der Waals surface area contributed by atoms with Crippen LogP contribution in [0.25, 0.3) is 0 Å². The Bertz CT molecular complexity index is 115. The maximum Gasteiger partial charge on any atom is 0.172 e. The first-order chi connectivity index (χ1) is 3.39. The van der Waals surface area contributed by atoms with Crippen molar-refractivity contribution in [1.82, 2.24) is 10.9 Å². The topological polar surface area (TPSA) is 41.1 Å². The molecule has 2 N–H and O–H groups in total. The SMILES string of the molecule is Cl.Cl.O=C1C=CNNC1. The van der Waals surface area contributed by atoms with Gasteiger partial charge < -0.3 is 5.43 Å². The molecule has 1 heterocycles. The smallest absolute Gasteiger partial charge is 0.172 e. The molecule has 0 bridgehead atoms. The molecule has 0 fully saturated rings. The molecule has 0 amide bonds. The maximum absolute atomic E-state index is 10.3. The summed E-state index contributed by atoms with van der Waals surface area (Å²) in [7, 11) is 0. The van der Waals surface area contributed by atoms with Crippen molar-refractivity contribution in [3.63, 3.8) is 0 Å². The molecule has 54 valence electrons. The van der Waals surface area contributed by atoms with Gasteiger partial charge in [-0.2, -0.15) is 0 Å². The highest BCUT2D eigenvalue weighted by molar-refractivity contribution is 5.91. The van der Waals surface area contributed by atoms with Crippen LogP contribution in [0.5, 0.6) is 0 Å². The molecule has 1 aliphatic heterocycles. The molecule has 0 radical (unpaired) electrons. The van der Waals surface area contributed by atoms with Gasteiger partial charge in [0.1, 0.15) is 0 Å². The van der Waals surface area contributed by atoms with E-state index in [0.717, 1.165) is 0 Å². The van der Waals surface area contributed by atoms with E-state index in [1.54, 1.807) is 6.20 Å². The van der Waals surface area contributed by atoms with Crippen LogP contribution in [0.1, 0.15) is 0 Å². The summed E-state index contributed by atoms with van der Waals surface area (Å²) in [5, 5.41) is 0. The second-order valence-electron chi connectivity index (χ2n) is 1.30. The zero-order valence-electron chi connectivity index (χ0n) is 4.59. The quantitative estimate of drug-likeness (QED) is 0.539. The zero-order chi connectivity index (χ0) is 5.11. The second-order valence-corrected chi connectivity index (χ2v) is 1.30. The second kappa shape index (κ2) is 5.88. The maximum atomic E-state index is 10.3. The summed E-state index contributed by atoms with van der Waals surface area (Å²) in [6, 6.07) is 0. The van der Waals surface area contributed by atoms with Gasteiger partial charge in [0.2, 0.25) is 0 Å². The normalized spacial score (nSPS) is 14.9. The highest BCUT2D eigenvalue weighted by Gasteiger charge is 1.96. The fourth-order valence-electron chi connectivity index (χ4n) is 0.391. The number of hydrogen-bond donors (Lipinski definition) is 2. The van der Waals surface area contributed by atoms with Crippen molar-refractivity contribution in [2.24, 2.45) is 0 Å². The fraction of sp³-hybridized carbons (Fsp3) is 0.250. The van der Waals surface area contributed by atoms with Gasteiger partial charge in [0.15, 0.2) is 5.78 Å². The molecular weight excluding hydrogens is 163 g/mol. The largest absolute Gasteiger partial charge is 0.328 e. The highest BCUT2D eigenvalue weighted by Crippen LogP contribution is 1.75. The molecule has 0 aliphatic carbocycles. The van der Waals surface area contributed by atoms with Gasteiger partial charge in [-0.1, -0.05) is 0 Å². The Morgan fingerprint density at radius 2 is 2.11 bits per heavy atom. The van der Waals surface area contributed by atoms with Gasteiger partial charge in [0, 0.05) is 6.20 Å². The van der Waals surface area contributed by atoms with Crippen LogP contribution in [0.3, 0.4) is 0 Å². The van der Waals surface area contributed by atoms with Crippen LogP contribution in [0.4, 0.5) is 0 Å². The number of rotatable bonds is 0. The Kier molecular flexibility index (Phi) is 7.53. The minimum Gasteiger partial charge on any atom is -0.328 e. The van der Waals surface area contributed by atoms with Crippen molar-refractivity contribution in [3.05, 3.63) is 12.3 Å². The van der Waals surface area contributed by atoms with Gasteiger partial charge in [0.25, 0.3) is 0 Å². The molecule has 0 atom stereocenters. The molecular formula is C4H8Cl2N2O.